The molecule has 20 heavy (non-hydrogen) atoms. The molecule has 0 saturated heterocycles. The zero-order valence-corrected chi connectivity index (χ0v) is 12.8. The maximum atomic E-state index is 6.14. The molecule has 0 aromatic heterocycles. The lowest BCUT2D eigenvalue weighted by molar-refractivity contribution is 0.257. The van der Waals surface area contributed by atoms with Crippen LogP contribution in [0.2, 0.25) is 5.02 Å². The average Bonchev–Trinajstić information content (AvgIpc) is 2.66. The van der Waals surface area contributed by atoms with E-state index in [-0.39, 0.29) is 5.29 Å². The largest absolute Gasteiger partial charge is 0.329 e. The number of hydrogen-bond acceptors (Lipinski definition) is 4. The van der Waals surface area contributed by atoms with Gasteiger partial charge in [-0.25, -0.2) is 9.98 Å². The molecule has 1 unspecified atom stereocenters. The van der Waals surface area contributed by atoms with Gasteiger partial charge in [0.1, 0.15) is 10.9 Å². The van der Waals surface area contributed by atoms with Crippen LogP contribution in [0.4, 0.5) is 0 Å². The van der Waals surface area contributed by atoms with E-state index in [2.05, 4.69) is 15.3 Å². The second-order valence-corrected chi connectivity index (χ2v) is 5.89. The number of fused-ring (bicyclic) bond motifs is 1. The zero-order chi connectivity index (χ0) is 14.3. The number of rotatable bonds is 2. The van der Waals surface area contributed by atoms with Crippen LogP contribution >= 0.6 is 34.8 Å². The van der Waals surface area contributed by atoms with Gasteiger partial charge >= 0.3 is 0 Å². The lowest BCUT2D eigenvalue weighted by atomic mass is 10.1. The first kappa shape index (κ1) is 13.7. The van der Waals surface area contributed by atoms with E-state index in [1.807, 2.05) is 36.1 Å². The highest BCUT2D eigenvalue weighted by molar-refractivity contribution is 6.65. The molecule has 7 heteroatoms. The van der Waals surface area contributed by atoms with Crippen LogP contribution in [-0.2, 0) is 6.54 Å². The minimum atomic E-state index is -0.693. The Bertz CT molecular complexity index is 653. The Morgan fingerprint density at radius 3 is 2.85 bits per heavy atom. The van der Waals surface area contributed by atoms with Crippen LogP contribution < -0.4 is 5.32 Å². The summed E-state index contributed by atoms with van der Waals surface area (Å²) < 4.78 is 0. The fourth-order valence-corrected chi connectivity index (χ4v) is 3.11. The Labute approximate surface area is 131 Å². The number of hydrogen-bond donors (Lipinski definition) is 1. The predicted octanol–water partition coefficient (Wildman–Crippen LogP) is 3.51. The van der Waals surface area contributed by atoms with E-state index in [1.165, 1.54) is 0 Å². The molecule has 0 bridgehead atoms. The molecule has 104 valence electrons. The molecule has 1 N–H and O–H groups in total. The summed E-state index contributed by atoms with van der Waals surface area (Å²) in [7, 11) is 0. The van der Waals surface area contributed by atoms with E-state index in [1.54, 1.807) is 6.34 Å². The highest BCUT2D eigenvalue weighted by Gasteiger charge is 2.43. The summed E-state index contributed by atoms with van der Waals surface area (Å²) in [6.45, 7) is 2.54. The van der Waals surface area contributed by atoms with Gasteiger partial charge in [0.15, 0.2) is 11.0 Å². The van der Waals surface area contributed by atoms with Crippen molar-refractivity contribution in [2.24, 2.45) is 9.98 Å². The number of nitrogens with one attached hydrogen (secondary N) is 1. The highest BCUT2D eigenvalue weighted by atomic mass is 35.5. The van der Waals surface area contributed by atoms with Gasteiger partial charge in [-0.05, 0) is 36.2 Å². The molecule has 4 nitrogen and oxygen atoms in total. The first-order valence-electron chi connectivity index (χ1n) is 5.97. The van der Waals surface area contributed by atoms with Gasteiger partial charge in [0.2, 0.25) is 0 Å². The van der Waals surface area contributed by atoms with E-state index in [0.717, 1.165) is 5.56 Å². The van der Waals surface area contributed by atoms with Crippen LogP contribution in [0.1, 0.15) is 12.5 Å². The van der Waals surface area contributed by atoms with E-state index in [0.29, 0.717) is 22.4 Å². The Kier molecular flexibility index (Phi) is 3.40. The molecular formula is C13H11Cl3N4. The van der Waals surface area contributed by atoms with E-state index >= 15 is 0 Å². The van der Waals surface area contributed by atoms with Crippen molar-refractivity contribution in [1.29, 1.82) is 0 Å². The van der Waals surface area contributed by atoms with Crippen molar-refractivity contribution < 1.29 is 0 Å². The van der Waals surface area contributed by atoms with Gasteiger partial charge in [0, 0.05) is 11.6 Å². The fourth-order valence-electron chi connectivity index (χ4n) is 2.28. The normalized spacial score (nSPS) is 24.6. The summed E-state index contributed by atoms with van der Waals surface area (Å²) in [6.07, 6.45) is 1.72. The fraction of sp³-hybridized carbons (Fsp3) is 0.231. The number of nitrogens with zero attached hydrogens (tertiary/aromatic N) is 3. The molecule has 0 aliphatic carbocycles. The second kappa shape index (κ2) is 4.95. The molecular weight excluding hydrogens is 319 g/mol. The smallest absolute Gasteiger partial charge is 0.199 e. The van der Waals surface area contributed by atoms with Crippen LogP contribution in [-0.4, -0.2) is 22.2 Å². The average molecular weight is 330 g/mol. The summed E-state index contributed by atoms with van der Waals surface area (Å²) in [4.78, 5) is 10.7. The lowest BCUT2D eigenvalue weighted by Gasteiger charge is -2.34. The van der Waals surface area contributed by atoms with Gasteiger partial charge in [0.05, 0.1) is 6.34 Å². The Hall–Kier alpha value is -1.23. The summed E-state index contributed by atoms with van der Waals surface area (Å²) in [5.74, 6) is 0. The quantitative estimate of drug-likeness (QED) is 0.844. The maximum absolute atomic E-state index is 6.14. The third-order valence-corrected chi connectivity index (χ3v) is 4.00. The first-order chi connectivity index (χ1) is 9.49. The predicted molar refractivity (Wildman–Crippen MR) is 83.2 cm³/mol. The van der Waals surface area contributed by atoms with Crippen LogP contribution in [0.3, 0.4) is 0 Å². The Balaban J connectivity index is 1.92. The summed E-state index contributed by atoms with van der Waals surface area (Å²) in [5, 5.41) is 4.12. The third-order valence-electron chi connectivity index (χ3n) is 3.31. The van der Waals surface area contributed by atoms with E-state index < -0.39 is 5.66 Å². The Morgan fingerprint density at radius 2 is 2.10 bits per heavy atom. The van der Waals surface area contributed by atoms with Crippen molar-refractivity contribution in [2.45, 2.75) is 19.1 Å². The summed E-state index contributed by atoms with van der Waals surface area (Å²) in [6, 6.07) is 7.66. The molecule has 3 rings (SSSR count). The molecule has 1 aromatic rings. The molecule has 0 fully saturated rings. The maximum Gasteiger partial charge on any atom is 0.199 e. The molecule has 2 aliphatic rings. The van der Waals surface area contributed by atoms with Crippen molar-refractivity contribution in [3.05, 3.63) is 45.7 Å². The van der Waals surface area contributed by atoms with Crippen molar-refractivity contribution in [1.82, 2.24) is 10.2 Å². The van der Waals surface area contributed by atoms with Crippen molar-refractivity contribution in [3.8, 4) is 0 Å². The molecule has 2 aliphatic heterocycles. The molecule has 1 atom stereocenters. The van der Waals surface area contributed by atoms with Crippen molar-refractivity contribution in [2.75, 3.05) is 0 Å². The van der Waals surface area contributed by atoms with Crippen LogP contribution in [0.5, 0.6) is 0 Å². The van der Waals surface area contributed by atoms with E-state index in [9.17, 15) is 0 Å². The molecule has 0 spiro atoms. The summed E-state index contributed by atoms with van der Waals surface area (Å²) in [5.41, 5.74) is 1.03. The van der Waals surface area contributed by atoms with Crippen molar-refractivity contribution >= 4 is 46.4 Å². The highest BCUT2D eigenvalue weighted by Crippen LogP contribution is 2.37. The van der Waals surface area contributed by atoms with E-state index in [4.69, 9.17) is 34.8 Å². The molecule has 0 saturated carbocycles. The third kappa shape index (κ3) is 2.28. The van der Waals surface area contributed by atoms with Crippen molar-refractivity contribution in [3.63, 3.8) is 0 Å². The number of amidine groups is 1. The zero-order valence-electron chi connectivity index (χ0n) is 10.6. The topological polar surface area (TPSA) is 40.0 Å². The standard InChI is InChI=1S/C13H11Cl3N4/c1-13-10(11(15)18-12(16)19-13)17-7-20(13)6-8-3-2-4-9(14)5-8/h2-5,7H,6H2,1H3,(H,18,19). The molecule has 0 amide bonds. The minimum Gasteiger partial charge on any atom is -0.329 e. The minimum absolute atomic E-state index is 0.253. The van der Waals surface area contributed by atoms with Gasteiger partial charge in [-0.2, -0.15) is 0 Å². The van der Waals surface area contributed by atoms with Crippen LogP contribution in [0.25, 0.3) is 0 Å². The first-order valence-corrected chi connectivity index (χ1v) is 7.10. The number of halogens is 3. The summed E-state index contributed by atoms with van der Waals surface area (Å²) >= 11 is 18.1. The number of aliphatic imine (C=N–C) groups is 2. The Morgan fingerprint density at radius 1 is 1.30 bits per heavy atom. The van der Waals surface area contributed by atoms with Gasteiger partial charge in [-0.15, -0.1) is 0 Å². The lowest BCUT2D eigenvalue weighted by Crippen LogP contribution is -2.45. The molecule has 1 aromatic carbocycles. The SMILES string of the molecule is CC12N=C(Cl)NC(Cl)=C1N=CN2Cc1cccc(Cl)c1. The monoisotopic (exact) mass is 328 g/mol. The van der Waals surface area contributed by atoms with Crippen LogP contribution in [0.15, 0.2) is 45.1 Å². The van der Waals surface area contributed by atoms with Gasteiger partial charge in [-0.1, -0.05) is 35.3 Å². The molecule has 0 radical (unpaired) electrons. The van der Waals surface area contributed by atoms with Gasteiger partial charge < -0.3 is 10.2 Å². The van der Waals surface area contributed by atoms with Gasteiger partial charge in [0.25, 0.3) is 0 Å². The second-order valence-electron chi connectivity index (χ2n) is 4.71. The van der Waals surface area contributed by atoms with Gasteiger partial charge in [-0.3, -0.25) is 0 Å². The number of benzene rings is 1. The van der Waals surface area contributed by atoms with Crippen LogP contribution in [0, 0.1) is 0 Å². The molecule has 2 heterocycles.